The monoisotopic (exact) mass is 1480 g/mol. The van der Waals surface area contributed by atoms with Crippen LogP contribution in [0, 0.1) is 0 Å². The molecule has 0 aromatic rings. The summed E-state index contributed by atoms with van der Waals surface area (Å²) in [5.41, 5.74) is 0. The number of hydrogen-bond donors (Lipinski definition) is 29. The predicted octanol–water partition coefficient (Wildman–Crippen LogP) is -20.6. The van der Waals surface area contributed by atoms with Gasteiger partial charge in [0.05, 0.1) is 59.5 Å². The zero-order chi connectivity index (χ0) is 73.4. The average Bonchev–Trinajstić information content (AvgIpc) is 0.797. The zero-order valence-electron chi connectivity index (χ0n) is 52.3. The number of rotatable bonds is 25. The van der Waals surface area contributed by atoms with Crippen LogP contribution < -0.4 is 0 Å². The molecule has 0 saturated carbocycles. The first-order valence-electron chi connectivity index (χ1n) is 31.7. The van der Waals surface area contributed by atoms with E-state index in [1.807, 2.05) is 0 Å². The van der Waals surface area contributed by atoms with Crippen LogP contribution in [-0.2, 0) is 80.5 Å². The van der Waals surface area contributed by atoms with Crippen molar-refractivity contribution in [1.82, 2.24) is 0 Å². The molecular weight excluding hydrogens is 1380 g/mol. The lowest BCUT2D eigenvalue weighted by atomic mass is 9.95. The molecule has 9 fully saturated rings. The summed E-state index contributed by atoms with van der Waals surface area (Å²) in [6, 6.07) is 0. The average molecular weight is 1480 g/mol. The van der Waals surface area contributed by atoms with Crippen LogP contribution in [0.1, 0.15) is 0 Å². The molecule has 0 aromatic heterocycles. The molecule has 584 valence electrons. The van der Waals surface area contributed by atoms with Gasteiger partial charge in [0.2, 0.25) is 0 Å². The molecule has 0 aromatic carbocycles. The van der Waals surface area contributed by atoms with Crippen molar-refractivity contribution in [3.63, 3.8) is 0 Å². The van der Waals surface area contributed by atoms with Crippen molar-refractivity contribution in [3.8, 4) is 0 Å². The van der Waals surface area contributed by atoms with Crippen LogP contribution in [0.25, 0.3) is 0 Å². The highest BCUT2D eigenvalue weighted by molar-refractivity contribution is 5.01. The van der Waals surface area contributed by atoms with Gasteiger partial charge in [0.25, 0.3) is 0 Å². The fourth-order valence-electron chi connectivity index (χ4n) is 12.7. The second-order valence-corrected chi connectivity index (χ2v) is 25.3. The van der Waals surface area contributed by atoms with E-state index in [1.165, 1.54) is 0 Å². The molecule has 100 heavy (non-hydrogen) atoms. The number of aliphatic hydroxyl groups is 29. The highest BCUT2D eigenvalue weighted by atomic mass is 16.8. The number of hydrogen-bond acceptors (Lipinski definition) is 46. The van der Waals surface area contributed by atoms with Crippen molar-refractivity contribution >= 4 is 0 Å². The summed E-state index contributed by atoms with van der Waals surface area (Å²) in [5.74, 6) is 0. The molecule has 1 unspecified atom stereocenters. The van der Waals surface area contributed by atoms with Crippen LogP contribution in [0.5, 0.6) is 0 Å². The molecule has 46 heteroatoms. The smallest absolute Gasteiger partial charge is 0.187 e. The van der Waals surface area contributed by atoms with Crippen LogP contribution in [-0.4, -0.2) is 484 Å². The van der Waals surface area contributed by atoms with Gasteiger partial charge in [0.1, 0.15) is 220 Å². The van der Waals surface area contributed by atoms with E-state index >= 15 is 0 Å². The Labute approximate surface area is 563 Å². The van der Waals surface area contributed by atoms with Crippen molar-refractivity contribution in [2.75, 3.05) is 59.5 Å². The van der Waals surface area contributed by atoms with Gasteiger partial charge >= 0.3 is 0 Å². The summed E-state index contributed by atoms with van der Waals surface area (Å²) in [6.45, 7) is -8.58. The van der Waals surface area contributed by atoms with Gasteiger partial charge in [-0.3, -0.25) is 0 Å². The molecule has 9 aliphatic rings. The van der Waals surface area contributed by atoms with E-state index in [-0.39, 0.29) is 0 Å². The van der Waals surface area contributed by atoms with Crippen LogP contribution in [0.3, 0.4) is 0 Å². The third-order valence-corrected chi connectivity index (χ3v) is 18.7. The summed E-state index contributed by atoms with van der Waals surface area (Å²) >= 11 is 0. The summed E-state index contributed by atoms with van der Waals surface area (Å²) in [4.78, 5) is 0. The molecule has 46 nitrogen and oxygen atoms in total. The summed E-state index contributed by atoms with van der Waals surface area (Å²) in [5, 5.41) is 309. The van der Waals surface area contributed by atoms with Crippen LogP contribution >= 0.6 is 0 Å². The molecule has 0 bridgehead atoms. The molecule has 0 aliphatic carbocycles. The first-order chi connectivity index (χ1) is 47.4. The fraction of sp³-hybridized carbons (Fsp3) is 1.00. The fourth-order valence-corrected chi connectivity index (χ4v) is 12.7. The highest BCUT2D eigenvalue weighted by Gasteiger charge is 2.59. The lowest BCUT2D eigenvalue weighted by Gasteiger charge is -2.49. The minimum absolute atomic E-state index is 0.745. The SMILES string of the molecule is OC[C@H]1O[C@H](OC[C@H]2O[C@H](OC[C@H]3O[C@H](OC[C@H]4O[C@H](O[C@H]5[C@H](O)[C@@H](O)[C@@H](O[C@H]6[C@H](O)[C@@H](O)[C@@H](O[C@H]7[C@H](O)[C@@H](O)[C@@H](O[C@H]8[C@H](O)[C@@H](O)[C@@H](O[C@H]9[C@H](O)[C@@H](O)C(O)O[C@@H]9CO)O[C@@H]8CO)O[C@@H]7CO)O[C@@H]6CO)O[C@@H]5CO)[C@H](O)[C@@H](O)[C@@H]4O)[C@H](O)[C@@H](O)[C@@H]3O)[C@H](O)[C@@H](O)[C@@H]2O)[C@H](O)[C@@H](O)[C@@H]1O. The third kappa shape index (κ3) is 17.2. The van der Waals surface area contributed by atoms with Crippen molar-refractivity contribution < 1.29 is 229 Å². The first kappa shape index (κ1) is 82.2. The van der Waals surface area contributed by atoms with E-state index in [0.29, 0.717) is 0 Å². The molecule has 0 spiro atoms. The Morgan fingerprint density at radius 1 is 0.170 bits per heavy atom. The Morgan fingerprint density at radius 3 is 0.600 bits per heavy atom. The van der Waals surface area contributed by atoms with E-state index in [9.17, 15) is 148 Å². The largest absolute Gasteiger partial charge is 0.394 e. The molecule has 9 rings (SSSR count). The molecule has 9 saturated heterocycles. The van der Waals surface area contributed by atoms with E-state index in [1.54, 1.807) is 0 Å². The van der Waals surface area contributed by atoms with Gasteiger partial charge in [-0.25, -0.2) is 0 Å². The second-order valence-electron chi connectivity index (χ2n) is 25.3. The predicted molar refractivity (Wildman–Crippen MR) is 297 cm³/mol. The van der Waals surface area contributed by atoms with Crippen LogP contribution in [0.2, 0.25) is 0 Å². The lowest BCUT2D eigenvalue weighted by molar-refractivity contribution is -0.396. The molecular formula is C54H92O46. The van der Waals surface area contributed by atoms with Crippen molar-refractivity contribution in [1.29, 1.82) is 0 Å². The van der Waals surface area contributed by atoms with Gasteiger partial charge in [0.15, 0.2) is 56.6 Å². The maximum Gasteiger partial charge on any atom is 0.187 e. The second kappa shape index (κ2) is 35.5. The summed E-state index contributed by atoms with van der Waals surface area (Å²) < 4.78 is 94.4. The van der Waals surface area contributed by atoms with Crippen molar-refractivity contribution in [2.24, 2.45) is 0 Å². The van der Waals surface area contributed by atoms with Gasteiger partial charge in [-0.15, -0.1) is 0 Å². The Bertz CT molecular complexity index is 2450. The normalized spacial score (nSPS) is 53.7. The first-order valence-corrected chi connectivity index (χ1v) is 31.7. The Kier molecular flexibility index (Phi) is 29.2. The maximum atomic E-state index is 11.5. The molecule has 29 N–H and O–H groups in total. The quantitative estimate of drug-likeness (QED) is 0.0404. The minimum Gasteiger partial charge on any atom is -0.394 e. The molecule has 0 radical (unpaired) electrons. The highest BCUT2D eigenvalue weighted by Crippen LogP contribution is 2.38. The minimum atomic E-state index is -2.30. The Hall–Kier alpha value is -1.84. The Morgan fingerprint density at radius 2 is 0.350 bits per heavy atom. The molecule has 0 amide bonds. The number of aliphatic hydroxyl groups excluding tert-OH is 29. The van der Waals surface area contributed by atoms with Crippen molar-refractivity contribution in [2.45, 2.75) is 276 Å². The van der Waals surface area contributed by atoms with Crippen LogP contribution in [0.15, 0.2) is 0 Å². The maximum absolute atomic E-state index is 11.5. The van der Waals surface area contributed by atoms with E-state index in [0.717, 1.165) is 0 Å². The van der Waals surface area contributed by atoms with Gasteiger partial charge in [-0.1, -0.05) is 0 Å². The molecule has 9 aliphatic heterocycles. The van der Waals surface area contributed by atoms with Crippen LogP contribution in [0.4, 0.5) is 0 Å². The Balaban J connectivity index is 0.766. The number of ether oxygens (including phenoxy) is 17. The van der Waals surface area contributed by atoms with E-state index in [4.69, 9.17) is 80.5 Å². The molecule has 45 atom stereocenters. The summed E-state index contributed by atoms with van der Waals surface area (Å²) in [7, 11) is 0. The van der Waals surface area contributed by atoms with Gasteiger partial charge in [-0.05, 0) is 0 Å². The zero-order valence-corrected chi connectivity index (χ0v) is 52.3. The molecule has 9 heterocycles. The van der Waals surface area contributed by atoms with Gasteiger partial charge in [-0.2, -0.15) is 0 Å². The standard InChI is InChI=1S/C54H92O46/c55-1-10-19(61)23(65)33(75)47(88-10)84-7-16-20(62)24(66)34(76)48(93-16)85-8-17-21(63)25(67)35(77)49(94-17)86-9-18-22(64)26(68)36(78)50(95-18)97-42-12(3-57)90-52(38(80)28(42)70)99-44-14(5-59)92-54(40(82)30(44)72)100-45-15(6-60)91-53(39(81)31(45)73)98-43-13(4-58)89-51(37(79)29(43)71)96-41-11(2-56)87-46(83)32(74)27(41)69/h10-83H,1-9H2/t10-,11-,12-,13-,14-,15-,16-,17-,18-,19-,20-,21-,22-,23+,24+,25+,26+,27-,28-,29-,30-,31-,32-,33-,34-,35-,36-,37-,38-,39-,40-,41-,42-,43-,44-,45-,46?,47+,48+,49+,50-,51-,52-,53-,54-/m1/s1. The van der Waals surface area contributed by atoms with E-state index < -0.39 is 336 Å². The lowest BCUT2D eigenvalue weighted by Crippen LogP contribution is -2.68. The summed E-state index contributed by atoms with van der Waals surface area (Å²) in [6.07, 6.45) is -88.3. The van der Waals surface area contributed by atoms with E-state index in [2.05, 4.69) is 0 Å². The topological polar surface area (TPSA) is 744 Å². The van der Waals surface area contributed by atoms with Gasteiger partial charge in [0, 0.05) is 0 Å². The van der Waals surface area contributed by atoms with Gasteiger partial charge < -0.3 is 229 Å². The van der Waals surface area contributed by atoms with Crippen molar-refractivity contribution in [3.05, 3.63) is 0 Å². The third-order valence-electron chi connectivity index (χ3n) is 18.7.